The summed E-state index contributed by atoms with van der Waals surface area (Å²) < 4.78 is 30.0. The molecule has 5 aliphatic carbocycles. The Kier molecular flexibility index (Phi) is 11.6. The minimum atomic E-state index is -0.788. The van der Waals surface area contributed by atoms with Crippen LogP contribution in [0.2, 0.25) is 0 Å². The van der Waals surface area contributed by atoms with E-state index in [4.69, 9.17) is 23.5 Å². The summed E-state index contributed by atoms with van der Waals surface area (Å²) in [5, 5.41) is 10.1. The van der Waals surface area contributed by atoms with Gasteiger partial charge in [0.2, 0.25) is 0 Å². The number of allylic oxidation sites excluding steroid dienone is 4. The van der Waals surface area contributed by atoms with Crippen LogP contribution in [0.4, 0.5) is 0 Å². The van der Waals surface area contributed by atoms with Gasteiger partial charge in [0.1, 0.15) is 18.4 Å². The van der Waals surface area contributed by atoms with Gasteiger partial charge in [-0.2, -0.15) is 5.26 Å². The van der Waals surface area contributed by atoms with E-state index in [1.54, 1.807) is 24.3 Å². The molecule has 4 fully saturated rings. The Morgan fingerprint density at radius 2 is 1.43 bits per heavy atom. The lowest BCUT2D eigenvalue weighted by atomic mass is 9.34. The number of hydrogen-bond donors (Lipinski definition) is 0. The number of fused-ring (bicyclic) bond motifs is 7. The lowest BCUT2D eigenvalue weighted by Crippen LogP contribution is -2.66. The first-order valence-electron chi connectivity index (χ1n) is 23.8. The molecule has 0 N–H and O–H groups in total. The highest BCUT2D eigenvalue weighted by atomic mass is 16.7. The molecule has 0 aromatic heterocycles. The van der Waals surface area contributed by atoms with E-state index < -0.39 is 45.9 Å². The van der Waals surface area contributed by atoms with E-state index in [1.165, 1.54) is 0 Å². The molecule has 6 aliphatic rings. The smallest absolute Gasteiger partial charge is 0.489 e. The van der Waals surface area contributed by atoms with Crippen molar-refractivity contribution in [2.45, 2.75) is 145 Å². The molecule has 2 aromatic carbocycles. The maximum absolute atomic E-state index is 14.9. The predicted octanol–water partition coefficient (Wildman–Crippen LogP) is 9.87. The van der Waals surface area contributed by atoms with Crippen molar-refractivity contribution in [2.24, 2.45) is 50.2 Å². The van der Waals surface area contributed by atoms with E-state index in [1.807, 2.05) is 78.0 Å². The molecule has 1 saturated heterocycles. The molecule has 11 heteroatoms. The Balaban J connectivity index is 0.875. The lowest BCUT2D eigenvalue weighted by molar-refractivity contribution is -0.193. The minimum absolute atomic E-state index is 0.0336. The average molecular weight is 886 g/mol. The summed E-state index contributed by atoms with van der Waals surface area (Å²) >= 11 is 0. The zero-order valence-corrected chi connectivity index (χ0v) is 40.5. The highest BCUT2D eigenvalue weighted by molar-refractivity contribution is 6.62. The molecule has 3 saturated carbocycles. The van der Waals surface area contributed by atoms with E-state index in [9.17, 15) is 24.4 Å². The number of Topliss-reactive ketones (excluding diaryl/α,β-unsaturated/α-hetero) is 1. The van der Waals surface area contributed by atoms with Crippen molar-refractivity contribution in [3.05, 3.63) is 83.0 Å². The number of ketones is 2. The Morgan fingerprint density at radius 1 is 0.800 bits per heavy atom. The number of benzene rings is 2. The molecular weight excluding hydrogens is 817 g/mol. The normalized spacial score (nSPS) is 33.8. The van der Waals surface area contributed by atoms with E-state index in [-0.39, 0.29) is 64.9 Å². The van der Waals surface area contributed by atoms with Gasteiger partial charge in [-0.15, -0.1) is 0 Å². The fourth-order valence-corrected chi connectivity index (χ4v) is 13.2. The van der Waals surface area contributed by atoms with Gasteiger partial charge in [0.05, 0.1) is 41.0 Å². The third-order valence-electron chi connectivity index (χ3n) is 18.0. The first kappa shape index (κ1) is 47.0. The standard InChI is InChI=1S/C54H68BNO9/c1-47(2)23-25-54(26-24-53(11)43(39(54)31-47)40(57)29-42-51(9)30-36(32-56)44(58)48(3,4)41(51)21-22-52(42,53)10)46(60)62-28-12-27-61-45(59)35-15-19-38(20-16-35)63-33-34-13-17-37(18-14-34)55-64-49(5,6)50(7,8)65-55/h13-20,29-30,39,41,43H,12,21-28,31,33H2,1-11H3/t39-,41-,43-,51-,52+,53+,54-/m0/s1. The number of hydrogen-bond acceptors (Lipinski definition) is 10. The van der Waals surface area contributed by atoms with Crippen LogP contribution < -0.4 is 10.2 Å². The molecule has 8 rings (SSSR count). The van der Waals surface area contributed by atoms with E-state index in [0.29, 0.717) is 43.6 Å². The number of carbonyl (C=O) groups is 4. The fraction of sp³-hybridized carbons (Fsp3) is 0.611. The number of carbonyl (C=O) groups excluding carboxylic acids is 4. The third-order valence-corrected chi connectivity index (χ3v) is 18.0. The molecule has 10 nitrogen and oxygen atoms in total. The van der Waals surface area contributed by atoms with Crippen LogP contribution in [0.15, 0.2) is 71.8 Å². The average Bonchev–Trinajstić information content (AvgIpc) is 3.47. The van der Waals surface area contributed by atoms with Crippen molar-refractivity contribution < 1.29 is 42.7 Å². The first-order chi connectivity index (χ1) is 30.3. The number of nitrogens with zero attached hydrogens (tertiary/aromatic N) is 1. The van der Waals surface area contributed by atoms with Gasteiger partial charge in [-0.3, -0.25) is 14.4 Å². The second-order valence-electron chi connectivity index (χ2n) is 23.2. The number of ether oxygens (including phenoxy) is 3. The summed E-state index contributed by atoms with van der Waals surface area (Å²) in [4.78, 5) is 55.8. The topological polar surface area (TPSA) is 138 Å². The number of esters is 2. The molecule has 1 aliphatic heterocycles. The van der Waals surface area contributed by atoms with Crippen LogP contribution in [0.25, 0.3) is 0 Å². The van der Waals surface area contributed by atoms with Crippen molar-refractivity contribution in [1.29, 1.82) is 5.26 Å². The van der Waals surface area contributed by atoms with Crippen LogP contribution >= 0.6 is 0 Å². The Hall–Kier alpha value is -4.53. The highest BCUT2D eigenvalue weighted by Gasteiger charge is 2.71. The van der Waals surface area contributed by atoms with Gasteiger partial charge in [0.15, 0.2) is 11.6 Å². The van der Waals surface area contributed by atoms with Gasteiger partial charge >= 0.3 is 19.1 Å². The van der Waals surface area contributed by atoms with Crippen molar-refractivity contribution in [3.8, 4) is 11.8 Å². The molecule has 65 heavy (non-hydrogen) atoms. The summed E-state index contributed by atoms with van der Waals surface area (Å²) in [5.41, 5.74) is -0.266. The summed E-state index contributed by atoms with van der Waals surface area (Å²) in [6, 6.07) is 17.0. The second-order valence-corrected chi connectivity index (χ2v) is 23.2. The SMILES string of the molecule is CC1(C)CC[C@]2(C(=O)OCCCOC(=O)c3ccc(OCc4ccc(B5OC(C)(C)C(C)(C)O5)cc4)cc3)CC[C@]3(C)[C@H](C(=O)C=C4[C@@]5(C)C=C(C#N)C(=O)C(C)(C)[C@@H]5CC[C@]43C)[C@@H]2C1. The number of rotatable bonds is 10. The molecule has 1 heterocycles. The third kappa shape index (κ3) is 7.63. The largest absolute Gasteiger partial charge is 0.494 e. The fourth-order valence-electron chi connectivity index (χ4n) is 13.2. The van der Waals surface area contributed by atoms with Gasteiger partial charge in [-0.1, -0.05) is 84.4 Å². The van der Waals surface area contributed by atoms with Crippen LogP contribution in [0.3, 0.4) is 0 Å². The van der Waals surface area contributed by atoms with Crippen LogP contribution in [0.1, 0.15) is 143 Å². The molecule has 0 spiro atoms. The zero-order valence-electron chi connectivity index (χ0n) is 40.5. The zero-order chi connectivity index (χ0) is 47.2. The van der Waals surface area contributed by atoms with E-state index in [2.05, 4.69) is 40.7 Å². The second kappa shape index (κ2) is 16.1. The molecule has 7 atom stereocenters. The van der Waals surface area contributed by atoms with Crippen LogP contribution in [0.5, 0.6) is 5.75 Å². The Morgan fingerprint density at radius 3 is 2.08 bits per heavy atom. The van der Waals surface area contributed by atoms with Crippen molar-refractivity contribution >= 4 is 36.1 Å². The summed E-state index contributed by atoms with van der Waals surface area (Å²) in [5.74, 6) is -0.760. The van der Waals surface area contributed by atoms with Crippen molar-refractivity contribution in [3.63, 3.8) is 0 Å². The maximum Gasteiger partial charge on any atom is 0.494 e. The summed E-state index contributed by atoms with van der Waals surface area (Å²) in [6.45, 7) is 23.8. The van der Waals surface area contributed by atoms with Gasteiger partial charge in [0, 0.05) is 23.2 Å². The van der Waals surface area contributed by atoms with Crippen LogP contribution in [0, 0.1) is 61.6 Å². The van der Waals surface area contributed by atoms with Crippen molar-refractivity contribution in [2.75, 3.05) is 13.2 Å². The predicted molar refractivity (Wildman–Crippen MR) is 248 cm³/mol. The van der Waals surface area contributed by atoms with E-state index >= 15 is 0 Å². The first-order valence-corrected chi connectivity index (χ1v) is 23.8. The maximum atomic E-state index is 14.9. The van der Waals surface area contributed by atoms with E-state index in [0.717, 1.165) is 42.3 Å². The van der Waals surface area contributed by atoms with Gasteiger partial charge in [0.25, 0.3) is 0 Å². The summed E-state index contributed by atoms with van der Waals surface area (Å²) in [7, 11) is -0.426. The Labute approximate surface area is 386 Å². The molecule has 0 bridgehead atoms. The molecule has 0 unspecified atom stereocenters. The van der Waals surface area contributed by atoms with Gasteiger partial charge < -0.3 is 23.5 Å². The van der Waals surface area contributed by atoms with Gasteiger partial charge in [-0.25, -0.2) is 4.79 Å². The van der Waals surface area contributed by atoms with Crippen LogP contribution in [-0.4, -0.2) is 55.0 Å². The molecular formula is C54H68BNO9. The number of nitriles is 1. The molecule has 0 radical (unpaired) electrons. The molecule has 0 amide bonds. The highest BCUT2D eigenvalue weighted by Crippen LogP contribution is 2.74. The van der Waals surface area contributed by atoms with Gasteiger partial charge in [-0.05, 0) is 142 Å². The minimum Gasteiger partial charge on any atom is -0.489 e. The Bertz CT molecular complexity index is 2360. The lowest BCUT2D eigenvalue weighted by Gasteiger charge is -2.68. The quantitative estimate of drug-likeness (QED) is 0.129. The molecule has 346 valence electrons. The monoisotopic (exact) mass is 885 g/mol. The van der Waals surface area contributed by atoms with Crippen molar-refractivity contribution in [1.82, 2.24) is 0 Å². The summed E-state index contributed by atoms with van der Waals surface area (Å²) in [6.07, 6.45) is 9.31. The molecule has 2 aromatic rings. The van der Waals surface area contributed by atoms with Crippen LogP contribution in [-0.2, 0) is 39.8 Å².